The van der Waals surface area contributed by atoms with Crippen LogP contribution in [0.4, 0.5) is 10.1 Å². The lowest BCUT2D eigenvalue weighted by atomic mass is 9.58. The fraction of sp³-hybridized carbons (Fsp3) is 0.412. The SMILES string of the molecule is CCC1CC2(C1)C(=O)N(C)c1cnc3cc(F)ccc3c12. The third-order valence-electron chi connectivity index (χ3n) is 5.22. The summed E-state index contributed by atoms with van der Waals surface area (Å²) in [7, 11) is 1.81. The standard InChI is InChI=1S/C17H17FN2O/c1-3-10-7-17(8-10)15-12-5-4-11(18)6-13(12)19-9-14(15)20(2)16(17)21/h4-6,9-10H,3,7-8H2,1-2H3. The van der Waals surface area contributed by atoms with Crippen molar-refractivity contribution in [3.63, 3.8) is 0 Å². The van der Waals surface area contributed by atoms with E-state index in [1.54, 1.807) is 17.2 Å². The molecule has 1 aromatic heterocycles. The molecule has 0 saturated heterocycles. The van der Waals surface area contributed by atoms with Crippen LogP contribution in [0.5, 0.6) is 0 Å². The number of benzene rings is 1. The van der Waals surface area contributed by atoms with Crippen molar-refractivity contribution in [1.29, 1.82) is 0 Å². The Morgan fingerprint density at radius 2 is 2.19 bits per heavy atom. The maximum absolute atomic E-state index is 13.4. The molecule has 0 N–H and O–H groups in total. The first-order valence-corrected chi connectivity index (χ1v) is 7.44. The van der Waals surface area contributed by atoms with Gasteiger partial charge in [0.1, 0.15) is 5.82 Å². The number of fused-ring (bicyclic) bond motifs is 4. The molecule has 0 bridgehead atoms. The molecule has 1 aromatic carbocycles. The summed E-state index contributed by atoms with van der Waals surface area (Å²) < 4.78 is 13.4. The molecule has 1 saturated carbocycles. The lowest BCUT2D eigenvalue weighted by molar-refractivity contribution is -0.127. The maximum Gasteiger partial charge on any atom is 0.237 e. The molecule has 1 spiro atoms. The Hall–Kier alpha value is -1.97. The van der Waals surface area contributed by atoms with Gasteiger partial charge in [-0.25, -0.2) is 4.39 Å². The Morgan fingerprint density at radius 1 is 1.43 bits per heavy atom. The smallest absolute Gasteiger partial charge is 0.237 e. The van der Waals surface area contributed by atoms with E-state index in [1.165, 1.54) is 12.1 Å². The molecular weight excluding hydrogens is 267 g/mol. The van der Waals surface area contributed by atoms with Gasteiger partial charge in [0.15, 0.2) is 0 Å². The van der Waals surface area contributed by atoms with Crippen LogP contribution in [0, 0.1) is 11.7 Å². The summed E-state index contributed by atoms with van der Waals surface area (Å²) >= 11 is 0. The zero-order valence-corrected chi connectivity index (χ0v) is 12.2. The third-order valence-corrected chi connectivity index (χ3v) is 5.22. The van der Waals surface area contributed by atoms with Crippen LogP contribution in [-0.2, 0) is 10.2 Å². The van der Waals surface area contributed by atoms with Crippen molar-refractivity contribution < 1.29 is 9.18 Å². The minimum absolute atomic E-state index is 0.167. The van der Waals surface area contributed by atoms with Crippen LogP contribution in [0.1, 0.15) is 31.7 Å². The molecule has 1 fully saturated rings. The Bertz CT molecular complexity index is 765. The summed E-state index contributed by atoms with van der Waals surface area (Å²) in [6.45, 7) is 2.17. The van der Waals surface area contributed by atoms with E-state index < -0.39 is 5.41 Å². The molecule has 0 radical (unpaired) electrons. The molecule has 1 aliphatic heterocycles. The van der Waals surface area contributed by atoms with Crippen LogP contribution in [-0.4, -0.2) is 17.9 Å². The Balaban J connectivity index is 1.98. The van der Waals surface area contributed by atoms with Gasteiger partial charge in [-0.2, -0.15) is 0 Å². The van der Waals surface area contributed by atoms with Crippen molar-refractivity contribution >= 4 is 22.5 Å². The fourth-order valence-electron chi connectivity index (χ4n) is 4.04. The molecule has 4 rings (SSSR count). The summed E-state index contributed by atoms with van der Waals surface area (Å²) in [6.07, 6.45) is 4.61. The molecular formula is C17H17FN2O. The van der Waals surface area contributed by atoms with Crippen LogP contribution >= 0.6 is 0 Å². The Kier molecular flexibility index (Phi) is 2.44. The van der Waals surface area contributed by atoms with E-state index in [0.29, 0.717) is 11.4 Å². The zero-order chi connectivity index (χ0) is 14.8. The molecule has 0 atom stereocenters. The van der Waals surface area contributed by atoms with E-state index in [0.717, 1.165) is 35.9 Å². The molecule has 3 nitrogen and oxygen atoms in total. The highest BCUT2D eigenvalue weighted by Gasteiger charge is 2.57. The number of anilines is 1. The predicted molar refractivity (Wildman–Crippen MR) is 79.8 cm³/mol. The molecule has 2 aromatic rings. The van der Waals surface area contributed by atoms with Crippen LogP contribution in [0.2, 0.25) is 0 Å². The summed E-state index contributed by atoms with van der Waals surface area (Å²) in [5, 5.41) is 0.918. The van der Waals surface area contributed by atoms with Crippen molar-refractivity contribution in [3.05, 3.63) is 35.8 Å². The molecule has 4 heteroatoms. The molecule has 21 heavy (non-hydrogen) atoms. The third kappa shape index (κ3) is 1.48. The van der Waals surface area contributed by atoms with E-state index in [4.69, 9.17) is 0 Å². The monoisotopic (exact) mass is 284 g/mol. The highest BCUT2D eigenvalue weighted by atomic mass is 19.1. The molecule has 2 aliphatic rings. The number of nitrogens with zero attached hydrogens (tertiary/aromatic N) is 2. The number of carbonyl (C=O) groups is 1. The molecule has 1 aliphatic carbocycles. The van der Waals surface area contributed by atoms with Crippen molar-refractivity contribution in [2.45, 2.75) is 31.6 Å². The number of halogens is 1. The van der Waals surface area contributed by atoms with Gasteiger partial charge in [0.25, 0.3) is 0 Å². The van der Waals surface area contributed by atoms with Gasteiger partial charge in [-0.3, -0.25) is 9.78 Å². The second kappa shape index (κ2) is 4.03. The topological polar surface area (TPSA) is 33.2 Å². The molecule has 0 unspecified atom stereocenters. The van der Waals surface area contributed by atoms with E-state index in [2.05, 4.69) is 11.9 Å². The summed E-state index contributed by atoms with van der Waals surface area (Å²) in [5.74, 6) is 0.486. The average molecular weight is 284 g/mol. The van der Waals surface area contributed by atoms with Gasteiger partial charge in [0.05, 0.1) is 22.8 Å². The second-order valence-corrected chi connectivity index (χ2v) is 6.31. The lowest BCUT2D eigenvalue weighted by Crippen LogP contribution is -2.48. The fourth-order valence-corrected chi connectivity index (χ4v) is 4.04. The van der Waals surface area contributed by atoms with Crippen LogP contribution < -0.4 is 4.90 Å². The lowest BCUT2D eigenvalue weighted by Gasteiger charge is -2.44. The quantitative estimate of drug-likeness (QED) is 0.804. The number of hydrogen-bond donors (Lipinski definition) is 0. The summed E-state index contributed by atoms with van der Waals surface area (Å²) in [4.78, 5) is 18.8. The van der Waals surface area contributed by atoms with Gasteiger partial charge in [-0.05, 0) is 30.9 Å². The van der Waals surface area contributed by atoms with E-state index in [9.17, 15) is 9.18 Å². The highest BCUT2D eigenvalue weighted by molar-refractivity contribution is 6.12. The molecule has 1 amide bonds. The van der Waals surface area contributed by atoms with Gasteiger partial charge in [0.2, 0.25) is 5.91 Å². The minimum atomic E-state index is -0.399. The largest absolute Gasteiger partial charge is 0.313 e. The number of aromatic nitrogens is 1. The van der Waals surface area contributed by atoms with Crippen LogP contribution in [0.15, 0.2) is 24.4 Å². The first kappa shape index (κ1) is 12.7. The van der Waals surface area contributed by atoms with Gasteiger partial charge < -0.3 is 4.90 Å². The number of likely N-dealkylation sites (N-methyl/N-ethyl adjacent to an activating group) is 1. The van der Waals surface area contributed by atoms with Crippen molar-refractivity contribution in [2.24, 2.45) is 5.92 Å². The summed E-state index contributed by atoms with van der Waals surface area (Å²) in [6, 6.07) is 4.67. The molecule has 2 heterocycles. The minimum Gasteiger partial charge on any atom is -0.313 e. The van der Waals surface area contributed by atoms with Gasteiger partial charge in [0, 0.05) is 24.1 Å². The number of hydrogen-bond acceptors (Lipinski definition) is 2. The van der Waals surface area contributed by atoms with Crippen LogP contribution in [0.3, 0.4) is 0 Å². The highest BCUT2D eigenvalue weighted by Crippen LogP contribution is 2.57. The second-order valence-electron chi connectivity index (χ2n) is 6.31. The summed E-state index contributed by atoms with van der Waals surface area (Å²) in [5.41, 5.74) is 2.18. The predicted octanol–water partition coefficient (Wildman–Crippen LogP) is 3.41. The first-order chi connectivity index (χ1) is 10.1. The van der Waals surface area contributed by atoms with Crippen molar-refractivity contribution in [3.8, 4) is 0 Å². The van der Waals surface area contributed by atoms with Gasteiger partial charge >= 0.3 is 0 Å². The van der Waals surface area contributed by atoms with Gasteiger partial charge in [-0.15, -0.1) is 0 Å². The zero-order valence-electron chi connectivity index (χ0n) is 12.2. The van der Waals surface area contributed by atoms with E-state index in [1.807, 2.05) is 7.05 Å². The van der Waals surface area contributed by atoms with Crippen LogP contribution in [0.25, 0.3) is 10.9 Å². The van der Waals surface area contributed by atoms with Gasteiger partial charge in [-0.1, -0.05) is 13.3 Å². The maximum atomic E-state index is 13.4. The van der Waals surface area contributed by atoms with Crippen molar-refractivity contribution in [1.82, 2.24) is 4.98 Å². The first-order valence-electron chi connectivity index (χ1n) is 7.44. The van der Waals surface area contributed by atoms with Crippen molar-refractivity contribution in [2.75, 3.05) is 11.9 Å². The average Bonchev–Trinajstić information content (AvgIpc) is 2.66. The van der Waals surface area contributed by atoms with E-state index >= 15 is 0 Å². The van der Waals surface area contributed by atoms with E-state index in [-0.39, 0.29) is 11.7 Å². The number of carbonyl (C=O) groups excluding carboxylic acids is 1. The Labute approximate surface area is 122 Å². The normalized spacial score (nSPS) is 27.3. The number of amides is 1. The Morgan fingerprint density at radius 3 is 2.90 bits per heavy atom. The number of rotatable bonds is 1. The number of pyridine rings is 1. The molecule has 108 valence electrons.